The van der Waals surface area contributed by atoms with Crippen LogP contribution in [-0.2, 0) is 9.59 Å². The molecule has 5 nitrogen and oxygen atoms in total. The first-order valence-corrected chi connectivity index (χ1v) is 9.11. The molecule has 0 aliphatic heterocycles. The highest BCUT2D eigenvalue weighted by atomic mass is 16.2. The highest BCUT2D eigenvalue weighted by molar-refractivity contribution is 5.90. The second kappa shape index (κ2) is 6.42. The van der Waals surface area contributed by atoms with Gasteiger partial charge in [0.05, 0.1) is 0 Å². The van der Waals surface area contributed by atoms with Crippen LogP contribution in [0.2, 0.25) is 0 Å². The summed E-state index contributed by atoms with van der Waals surface area (Å²) in [6.45, 7) is 3.22. The van der Waals surface area contributed by atoms with Crippen LogP contribution < -0.4 is 10.6 Å². The standard InChI is InChI=1S/C18H31N3O2/c1-12(16(22)19-4-5-21(2)3)20-17(23)18-9-13-6-14(10-18)8-15(7-13)11-18/h12-15H,4-11H2,1-3H3,(H,19,22)(H,20,23)/t12-,13?,14?,15?,18?/m0/s1. The number of nitrogens with one attached hydrogen (secondary N) is 2. The predicted octanol–water partition coefficient (Wildman–Crippen LogP) is 1.39. The van der Waals surface area contributed by atoms with Gasteiger partial charge in [-0.1, -0.05) is 0 Å². The van der Waals surface area contributed by atoms with Crippen LogP contribution in [0.5, 0.6) is 0 Å². The predicted molar refractivity (Wildman–Crippen MR) is 89.8 cm³/mol. The zero-order valence-corrected chi connectivity index (χ0v) is 14.7. The molecule has 0 aromatic carbocycles. The molecule has 4 aliphatic rings. The molecule has 0 heterocycles. The minimum Gasteiger partial charge on any atom is -0.353 e. The molecule has 4 bridgehead atoms. The van der Waals surface area contributed by atoms with Gasteiger partial charge in [0.15, 0.2) is 0 Å². The fraction of sp³-hybridized carbons (Fsp3) is 0.889. The Morgan fingerprint density at radius 2 is 1.61 bits per heavy atom. The number of amides is 2. The van der Waals surface area contributed by atoms with E-state index in [1.54, 1.807) is 6.92 Å². The van der Waals surface area contributed by atoms with Crippen LogP contribution in [0.3, 0.4) is 0 Å². The van der Waals surface area contributed by atoms with E-state index in [1.807, 2.05) is 19.0 Å². The summed E-state index contributed by atoms with van der Waals surface area (Å²) in [5.41, 5.74) is -0.174. The molecule has 130 valence electrons. The van der Waals surface area contributed by atoms with Gasteiger partial charge in [0.2, 0.25) is 11.8 Å². The van der Waals surface area contributed by atoms with Gasteiger partial charge < -0.3 is 15.5 Å². The monoisotopic (exact) mass is 321 g/mol. The Labute approximate surface area is 139 Å². The Bertz CT molecular complexity index is 440. The minimum absolute atomic E-state index is 0.0788. The van der Waals surface area contributed by atoms with Gasteiger partial charge in [-0.2, -0.15) is 0 Å². The molecular weight excluding hydrogens is 290 g/mol. The fourth-order valence-electron chi connectivity index (χ4n) is 5.36. The van der Waals surface area contributed by atoms with Crippen LogP contribution in [0.15, 0.2) is 0 Å². The molecule has 0 unspecified atom stereocenters. The van der Waals surface area contributed by atoms with Crippen molar-refractivity contribution in [3.05, 3.63) is 0 Å². The molecule has 2 amide bonds. The third kappa shape index (κ3) is 3.54. The van der Waals surface area contributed by atoms with Crippen molar-refractivity contribution in [3.63, 3.8) is 0 Å². The van der Waals surface area contributed by atoms with Gasteiger partial charge in [-0.15, -0.1) is 0 Å². The normalized spacial score (nSPS) is 36.1. The van der Waals surface area contributed by atoms with Gasteiger partial charge in [0, 0.05) is 18.5 Å². The second-order valence-corrected chi connectivity index (χ2v) is 8.49. The molecule has 5 heteroatoms. The molecule has 0 saturated heterocycles. The lowest BCUT2D eigenvalue weighted by Gasteiger charge is -2.55. The number of rotatable bonds is 6. The van der Waals surface area contributed by atoms with E-state index in [0.717, 1.165) is 43.6 Å². The molecule has 0 radical (unpaired) electrons. The van der Waals surface area contributed by atoms with Crippen LogP contribution in [-0.4, -0.2) is 49.9 Å². The lowest BCUT2D eigenvalue weighted by Crippen LogP contribution is -2.56. The fourth-order valence-corrected chi connectivity index (χ4v) is 5.36. The van der Waals surface area contributed by atoms with E-state index in [0.29, 0.717) is 6.54 Å². The average Bonchev–Trinajstić information content (AvgIpc) is 2.45. The van der Waals surface area contributed by atoms with Crippen molar-refractivity contribution >= 4 is 11.8 Å². The van der Waals surface area contributed by atoms with Crippen molar-refractivity contribution in [2.45, 2.75) is 51.5 Å². The number of nitrogens with zero attached hydrogens (tertiary/aromatic N) is 1. The average molecular weight is 321 g/mol. The van der Waals surface area contributed by atoms with Crippen LogP contribution in [0.1, 0.15) is 45.4 Å². The summed E-state index contributed by atoms with van der Waals surface area (Å²) in [5.74, 6) is 2.29. The first kappa shape index (κ1) is 16.7. The van der Waals surface area contributed by atoms with E-state index in [2.05, 4.69) is 10.6 Å². The second-order valence-electron chi connectivity index (χ2n) is 8.49. The van der Waals surface area contributed by atoms with Crippen molar-refractivity contribution in [2.24, 2.45) is 23.2 Å². The first-order chi connectivity index (χ1) is 10.9. The molecule has 4 aliphatic carbocycles. The maximum Gasteiger partial charge on any atom is 0.242 e. The molecular formula is C18H31N3O2. The van der Waals surface area contributed by atoms with Crippen LogP contribution >= 0.6 is 0 Å². The van der Waals surface area contributed by atoms with E-state index >= 15 is 0 Å². The molecule has 0 aromatic rings. The quantitative estimate of drug-likeness (QED) is 0.777. The molecule has 0 spiro atoms. The summed E-state index contributed by atoms with van der Waals surface area (Å²) in [4.78, 5) is 27.1. The van der Waals surface area contributed by atoms with Crippen LogP contribution in [0.25, 0.3) is 0 Å². The SMILES string of the molecule is C[C@H](NC(=O)C12CC3CC(CC(C3)C1)C2)C(=O)NCCN(C)C. The topological polar surface area (TPSA) is 61.4 Å². The van der Waals surface area contributed by atoms with E-state index in [4.69, 9.17) is 0 Å². The highest BCUT2D eigenvalue weighted by Crippen LogP contribution is 2.60. The van der Waals surface area contributed by atoms with Crippen molar-refractivity contribution in [1.29, 1.82) is 0 Å². The number of likely N-dealkylation sites (N-methyl/N-ethyl adjacent to an activating group) is 1. The summed E-state index contributed by atoms with van der Waals surface area (Å²) < 4.78 is 0. The maximum atomic E-state index is 12.9. The lowest BCUT2D eigenvalue weighted by atomic mass is 9.49. The zero-order valence-electron chi connectivity index (χ0n) is 14.7. The smallest absolute Gasteiger partial charge is 0.242 e. The summed E-state index contributed by atoms with van der Waals surface area (Å²) in [6.07, 6.45) is 7.10. The zero-order chi connectivity index (χ0) is 16.6. The van der Waals surface area contributed by atoms with E-state index in [1.165, 1.54) is 19.3 Å². The summed E-state index contributed by atoms with van der Waals surface area (Å²) in [7, 11) is 3.95. The Morgan fingerprint density at radius 1 is 1.09 bits per heavy atom. The van der Waals surface area contributed by atoms with Crippen molar-refractivity contribution in [1.82, 2.24) is 15.5 Å². The van der Waals surface area contributed by atoms with Crippen molar-refractivity contribution in [2.75, 3.05) is 27.2 Å². The number of carbonyl (C=O) groups is 2. The minimum atomic E-state index is -0.447. The Kier molecular flexibility index (Phi) is 4.68. The largest absolute Gasteiger partial charge is 0.353 e. The lowest BCUT2D eigenvalue weighted by molar-refractivity contribution is -0.148. The van der Waals surface area contributed by atoms with E-state index in [-0.39, 0.29) is 17.2 Å². The Balaban J connectivity index is 1.53. The Morgan fingerprint density at radius 3 is 2.09 bits per heavy atom. The molecule has 4 saturated carbocycles. The molecule has 0 aromatic heterocycles. The van der Waals surface area contributed by atoms with Crippen LogP contribution in [0.4, 0.5) is 0 Å². The summed E-state index contributed by atoms with van der Waals surface area (Å²) in [5, 5.41) is 5.91. The van der Waals surface area contributed by atoms with Crippen molar-refractivity contribution < 1.29 is 9.59 Å². The Hall–Kier alpha value is -1.10. The van der Waals surface area contributed by atoms with Gasteiger partial charge in [0.1, 0.15) is 6.04 Å². The number of hydrogen-bond donors (Lipinski definition) is 2. The van der Waals surface area contributed by atoms with Gasteiger partial charge in [-0.25, -0.2) is 0 Å². The van der Waals surface area contributed by atoms with E-state index in [9.17, 15) is 9.59 Å². The molecule has 1 atom stereocenters. The van der Waals surface area contributed by atoms with Gasteiger partial charge in [0.25, 0.3) is 0 Å². The molecule has 4 rings (SSSR count). The third-order valence-electron chi connectivity index (χ3n) is 6.12. The van der Waals surface area contributed by atoms with Gasteiger partial charge in [-0.3, -0.25) is 9.59 Å². The summed E-state index contributed by atoms with van der Waals surface area (Å²) in [6, 6.07) is -0.447. The van der Waals surface area contributed by atoms with Crippen molar-refractivity contribution in [3.8, 4) is 0 Å². The molecule has 23 heavy (non-hydrogen) atoms. The van der Waals surface area contributed by atoms with E-state index < -0.39 is 6.04 Å². The number of hydrogen-bond acceptors (Lipinski definition) is 3. The van der Waals surface area contributed by atoms with Crippen LogP contribution in [0, 0.1) is 23.2 Å². The molecule has 4 fully saturated rings. The number of carbonyl (C=O) groups excluding carboxylic acids is 2. The highest BCUT2D eigenvalue weighted by Gasteiger charge is 2.54. The third-order valence-corrected chi connectivity index (χ3v) is 6.12. The maximum absolute atomic E-state index is 12.9. The van der Waals surface area contributed by atoms with Gasteiger partial charge in [-0.05, 0) is 77.3 Å². The first-order valence-electron chi connectivity index (χ1n) is 9.11. The summed E-state index contributed by atoms with van der Waals surface area (Å²) >= 11 is 0. The molecule has 2 N–H and O–H groups in total. The van der Waals surface area contributed by atoms with Gasteiger partial charge >= 0.3 is 0 Å².